The van der Waals surface area contributed by atoms with Gasteiger partial charge in [-0.05, 0) is 36.8 Å². The summed E-state index contributed by atoms with van der Waals surface area (Å²) in [6, 6.07) is 15.9. The third-order valence-electron chi connectivity index (χ3n) is 4.52. The molecule has 3 aromatic rings. The van der Waals surface area contributed by atoms with Gasteiger partial charge in [-0.3, -0.25) is 9.69 Å². The van der Waals surface area contributed by atoms with Gasteiger partial charge in [0.2, 0.25) is 0 Å². The zero-order valence-electron chi connectivity index (χ0n) is 15.4. The minimum absolute atomic E-state index is 0.153. The fourth-order valence-electron chi connectivity index (χ4n) is 3.12. The first kappa shape index (κ1) is 19.3. The lowest BCUT2D eigenvalue weighted by Gasteiger charge is -2.12. The summed E-state index contributed by atoms with van der Waals surface area (Å²) >= 11 is 12.3. The normalized spacial score (nSPS) is 15.3. The van der Waals surface area contributed by atoms with Crippen molar-refractivity contribution in [2.75, 3.05) is 0 Å². The van der Waals surface area contributed by atoms with E-state index < -0.39 is 11.9 Å². The van der Waals surface area contributed by atoms with Crippen LogP contribution in [-0.2, 0) is 11.3 Å². The molecule has 0 spiro atoms. The molecule has 2 heterocycles. The van der Waals surface area contributed by atoms with E-state index in [9.17, 15) is 9.59 Å². The minimum atomic E-state index is -0.465. The molecular formula is C22H16Cl2N2O3. The first-order valence-electron chi connectivity index (χ1n) is 8.86. The van der Waals surface area contributed by atoms with E-state index in [1.54, 1.807) is 30.3 Å². The Labute approximate surface area is 177 Å². The van der Waals surface area contributed by atoms with Crippen LogP contribution in [0.3, 0.4) is 0 Å². The van der Waals surface area contributed by atoms with Crippen LogP contribution < -0.4 is 5.32 Å². The zero-order chi connectivity index (χ0) is 20.5. The summed E-state index contributed by atoms with van der Waals surface area (Å²) in [5, 5.41) is 3.41. The monoisotopic (exact) mass is 426 g/mol. The number of furan rings is 1. The molecule has 0 saturated carbocycles. The molecule has 5 nitrogen and oxygen atoms in total. The second kappa shape index (κ2) is 7.78. The van der Waals surface area contributed by atoms with Gasteiger partial charge in [0.05, 0.1) is 16.6 Å². The van der Waals surface area contributed by atoms with Gasteiger partial charge in [-0.15, -0.1) is 0 Å². The van der Waals surface area contributed by atoms with Gasteiger partial charge < -0.3 is 9.73 Å². The summed E-state index contributed by atoms with van der Waals surface area (Å²) in [5.41, 5.74) is 2.74. The molecule has 146 valence electrons. The van der Waals surface area contributed by atoms with Crippen molar-refractivity contribution < 1.29 is 14.0 Å². The number of rotatable bonds is 4. The maximum atomic E-state index is 12.7. The van der Waals surface area contributed by atoms with Crippen molar-refractivity contribution in [3.05, 3.63) is 87.2 Å². The number of halogens is 2. The van der Waals surface area contributed by atoms with E-state index in [0.29, 0.717) is 27.1 Å². The van der Waals surface area contributed by atoms with Crippen LogP contribution in [0.1, 0.15) is 16.9 Å². The standard InChI is InChI=1S/C22H16Cl2N2O3/c1-13-4-2-5-14(10-13)12-26-21(27)18(25-22(26)28)11-15-8-9-19(29-15)16-6-3-7-17(23)20(16)24/h2-11H,12H2,1H3,(H,25,28)/b18-11-. The second-order valence-corrected chi connectivity index (χ2v) is 7.46. The summed E-state index contributed by atoms with van der Waals surface area (Å²) in [7, 11) is 0. The van der Waals surface area contributed by atoms with Crippen molar-refractivity contribution in [1.29, 1.82) is 0 Å². The van der Waals surface area contributed by atoms with E-state index in [2.05, 4.69) is 5.32 Å². The van der Waals surface area contributed by atoms with Gasteiger partial charge in [-0.1, -0.05) is 59.1 Å². The quantitative estimate of drug-likeness (QED) is 0.432. The van der Waals surface area contributed by atoms with Gasteiger partial charge in [-0.25, -0.2) is 4.79 Å². The largest absolute Gasteiger partial charge is 0.457 e. The fraction of sp³-hybridized carbons (Fsp3) is 0.0909. The Balaban J connectivity index is 1.56. The number of nitrogens with zero attached hydrogens (tertiary/aromatic N) is 1. The van der Waals surface area contributed by atoms with Gasteiger partial charge in [0.15, 0.2) is 0 Å². The summed E-state index contributed by atoms with van der Waals surface area (Å²) in [4.78, 5) is 26.1. The molecule has 0 radical (unpaired) electrons. The van der Waals surface area contributed by atoms with Gasteiger partial charge in [-0.2, -0.15) is 0 Å². The van der Waals surface area contributed by atoms with E-state index in [4.69, 9.17) is 27.6 Å². The number of hydrogen-bond donors (Lipinski definition) is 1. The van der Waals surface area contributed by atoms with E-state index in [1.807, 2.05) is 31.2 Å². The maximum Gasteiger partial charge on any atom is 0.329 e. The molecule has 2 aromatic carbocycles. The Bertz CT molecular complexity index is 1150. The Morgan fingerprint density at radius 3 is 2.66 bits per heavy atom. The Hall–Kier alpha value is -3.02. The highest BCUT2D eigenvalue weighted by molar-refractivity contribution is 6.43. The maximum absolute atomic E-state index is 12.7. The van der Waals surface area contributed by atoms with Crippen molar-refractivity contribution in [2.24, 2.45) is 0 Å². The first-order chi connectivity index (χ1) is 13.9. The van der Waals surface area contributed by atoms with E-state index in [1.165, 1.54) is 6.08 Å². The van der Waals surface area contributed by atoms with Gasteiger partial charge in [0.25, 0.3) is 5.91 Å². The number of carbonyl (C=O) groups excluding carboxylic acids is 2. The van der Waals surface area contributed by atoms with Gasteiger partial charge in [0.1, 0.15) is 17.2 Å². The molecule has 0 aliphatic carbocycles. The fourth-order valence-corrected chi connectivity index (χ4v) is 3.51. The van der Waals surface area contributed by atoms with Crippen LogP contribution in [0, 0.1) is 6.92 Å². The van der Waals surface area contributed by atoms with Gasteiger partial charge in [0, 0.05) is 11.6 Å². The lowest BCUT2D eigenvalue weighted by molar-refractivity contribution is -0.123. The molecule has 1 saturated heterocycles. The summed E-state index contributed by atoms with van der Waals surface area (Å²) < 4.78 is 5.78. The lowest BCUT2D eigenvalue weighted by Crippen LogP contribution is -2.30. The predicted octanol–water partition coefficient (Wildman–Crippen LogP) is 5.65. The smallest absolute Gasteiger partial charge is 0.329 e. The molecule has 1 aliphatic heterocycles. The number of carbonyl (C=O) groups is 2. The van der Waals surface area contributed by atoms with Gasteiger partial charge >= 0.3 is 6.03 Å². The molecule has 1 aliphatic rings. The van der Waals surface area contributed by atoms with Crippen molar-refractivity contribution in [3.8, 4) is 11.3 Å². The van der Waals surface area contributed by atoms with E-state index in [0.717, 1.165) is 16.0 Å². The third kappa shape index (κ3) is 3.92. The second-order valence-electron chi connectivity index (χ2n) is 6.67. The highest BCUT2D eigenvalue weighted by Crippen LogP contribution is 2.34. The first-order valence-corrected chi connectivity index (χ1v) is 9.62. The topological polar surface area (TPSA) is 62.6 Å². The van der Waals surface area contributed by atoms with Crippen LogP contribution in [0.25, 0.3) is 17.4 Å². The molecule has 7 heteroatoms. The average molecular weight is 427 g/mol. The molecular weight excluding hydrogens is 411 g/mol. The number of urea groups is 1. The van der Waals surface area contributed by atoms with Crippen LogP contribution in [0.15, 0.2) is 64.7 Å². The Morgan fingerprint density at radius 1 is 1.07 bits per heavy atom. The number of nitrogens with one attached hydrogen (secondary N) is 1. The summed E-state index contributed by atoms with van der Waals surface area (Å²) in [6.07, 6.45) is 1.50. The molecule has 0 atom stereocenters. The van der Waals surface area contributed by atoms with Crippen molar-refractivity contribution in [3.63, 3.8) is 0 Å². The number of aryl methyl sites for hydroxylation is 1. The van der Waals surface area contributed by atoms with Crippen LogP contribution in [0.4, 0.5) is 4.79 Å². The zero-order valence-corrected chi connectivity index (χ0v) is 16.9. The van der Waals surface area contributed by atoms with E-state index in [-0.39, 0.29) is 12.2 Å². The predicted molar refractivity (Wildman–Crippen MR) is 112 cm³/mol. The molecule has 1 fully saturated rings. The molecule has 0 bridgehead atoms. The number of hydrogen-bond acceptors (Lipinski definition) is 3. The van der Waals surface area contributed by atoms with Crippen LogP contribution in [-0.4, -0.2) is 16.8 Å². The average Bonchev–Trinajstić information content (AvgIpc) is 3.24. The number of benzene rings is 2. The van der Waals surface area contributed by atoms with Crippen LogP contribution in [0.2, 0.25) is 10.0 Å². The molecule has 1 aromatic heterocycles. The van der Waals surface area contributed by atoms with Crippen molar-refractivity contribution in [2.45, 2.75) is 13.5 Å². The SMILES string of the molecule is Cc1cccc(CN2C(=O)N/C(=C\c3ccc(-c4cccc(Cl)c4Cl)o3)C2=O)c1. The number of imide groups is 1. The molecule has 1 N–H and O–H groups in total. The molecule has 0 unspecified atom stereocenters. The lowest BCUT2D eigenvalue weighted by atomic mass is 10.1. The number of amides is 3. The summed E-state index contributed by atoms with van der Waals surface area (Å²) in [6.45, 7) is 2.16. The van der Waals surface area contributed by atoms with Crippen molar-refractivity contribution in [1.82, 2.24) is 10.2 Å². The summed E-state index contributed by atoms with van der Waals surface area (Å²) in [5.74, 6) is 0.519. The molecule has 29 heavy (non-hydrogen) atoms. The van der Waals surface area contributed by atoms with Crippen LogP contribution in [0.5, 0.6) is 0 Å². The molecule has 4 rings (SSSR count). The Morgan fingerprint density at radius 2 is 1.86 bits per heavy atom. The molecule has 3 amide bonds. The van der Waals surface area contributed by atoms with Crippen molar-refractivity contribution >= 4 is 41.2 Å². The minimum Gasteiger partial charge on any atom is -0.457 e. The Kier molecular flexibility index (Phi) is 5.18. The van der Waals surface area contributed by atoms with Crippen LogP contribution >= 0.6 is 23.2 Å². The third-order valence-corrected chi connectivity index (χ3v) is 5.33. The van der Waals surface area contributed by atoms with E-state index >= 15 is 0 Å². The highest BCUT2D eigenvalue weighted by atomic mass is 35.5. The highest BCUT2D eigenvalue weighted by Gasteiger charge is 2.33.